The fraction of sp³-hybridized carbons (Fsp3) is 0.317. The number of benzene rings is 4. The molecule has 4 aromatic carbocycles. The summed E-state index contributed by atoms with van der Waals surface area (Å²) in [5.41, 5.74) is 3.76. The number of fused-ring (bicyclic) bond motifs is 2. The predicted octanol–water partition coefficient (Wildman–Crippen LogP) is 6.73. The van der Waals surface area contributed by atoms with E-state index in [1.807, 2.05) is 94.6 Å². The number of methoxy groups -OCH3 is 1. The van der Waals surface area contributed by atoms with Gasteiger partial charge in [-0.2, -0.15) is 0 Å². The molecule has 3 heterocycles. The summed E-state index contributed by atoms with van der Waals surface area (Å²) in [5, 5.41) is 19.2. The lowest BCUT2D eigenvalue weighted by Crippen LogP contribution is -2.51. The molecule has 0 saturated carbocycles. The number of aryl methyl sites for hydroxylation is 1. The maximum atomic E-state index is 15.2. The van der Waals surface area contributed by atoms with Crippen LogP contribution in [0.25, 0.3) is 0 Å². The molecule has 7 rings (SSSR count). The van der Waals surface area contributed by atoms with Gasteiger partial charge in [-0.25, -0.2) is 0 Å². The van der Waals surface area contributed by atoms with Crippen LogP contribution in [-0.4, -0.2) is 60.3 Å². The lowest BCUT2D eigenvalue weighted by atomic mass is 9.82. The Hall–Kier alpha value is -4.62. The van der Waals surface area contributed by atoms with Crippen molar-refractivity contribution in [2.45, 2.75) is 63.2 Å². The molecule has 10 nitrogen and oxygen atoms in total. The van der Waals surface area contributed by atoms with Crippen molar-refractivity contribution in [3.05, 3.63) is 125 Å². The molecule has 5 aromatic rings. The molecule has 1 fully saturated rings. The van der Waals surface area contributed by atoms with Gasteiger partial charge in [0, 0.05) is 53.1 Å². The first-order valence-corrected chi connectivity index (χ1v) is 21.8. The van der Waals surface area contributed by atoms with Crippen molar-refractivity contribution in [2.24, 2.45) is 5.92 Å². The smallest absolute Gasteiger partial charge is 0.264 e. The summed E-state index contributed by atoms with van der Waals surface area (Å²) in [4.78, 5) is 30.7. The summed E-state index contributed by atoms with van der Waals surface area (Å²) in [6.45, 7) is 7.86. The number of aromatic nitrogens is 3. The second-order valence-electron chi connectivity index (χ2n) is 14.4. The molecule has 1 aromatic heterocycles. The minimum absolute atomic E-state index is 0.0107. The van der Waals surface area contributed by atoms with Crippen LogP contribution in [0, 0.1) is 5.92 Å². The van der Waals surface area contributed by atoms with Crippen molar-refractivity contribution in [3.63, 3.8) is 0 Å². The Morgan fingerprint density at radius 2 is 1.74 bits per heavy atom. The number of para-hydroxylation sites is 1. The van der Waals surface area contributed by atoms with Gasteiger partial charge < -0.3 is 19.5 Å². The van der Waals surface area contributed by atoms with E-state index in [4.69, 9.17) is 9.47 Å². The average Bonchev–Trinajstić information content (AvgIpc) is 3.82. The minimum Gasteiger partial charge on any atom is -0.497 e. The monoisotopic (exact) mass is 793 g/mol. The number of aliphatic hydroxyl groups excluding tert-OH is 1. The molecule has 0 radical (unpaired) electrons. The molecule has 4 atom stereocenters. The Morgan fingerprint density at radius 1 is 1.02 bits per heavy atom. The number of aliphatic hydroxyl groups is 1. The molecular formula is C41H44BrN5O5Si. The van der Waals surface area contributed by atoms with Crippen molar-refractivity contribution in [1.82, 2.24) is 15.0 Å². The van der Waals surface area contributed by atoms with Gasteiger partial charge in [0.15, 0.2) is 5.60 Å². The van der Waals surface area contributed by atoms with Crippen LogP contribution in [0.1, 0.15) is 30.2 Å². The number of carbonyl (C=O) groups excluding carboxylic acids is 2. The number of halogens is 1. The predicted molar refractivity (Wildman–Crippen MR) is 211 cm³/mol. The Balaban J connectivity index is 1.24. The molecule has 12 heteroatoms. The van der Waals surface area contributed by atoms with E-state index in [0.717, 1.165) is 50.5 Å². The van der Waals surface area contributed by atoms with Crippen molar-refractivity contribution in [3.8, 4) is 5.75 Å². The number of amides is 2. The van der Waals surface area contributed by atoms with Gasteiger partial charge in [0.2, 0.25) is 6.41 Å². The van der Waals surface area contributed by atoms with E-state index in [1.54, 1.807) is 12.0 Å². The Kier molecular flexibility index (Phi) is 10.4. The third kappa shape index (κ3) is 6.73. The number of hydrogen-bond donors (Lipinski definition) is 1. The second-order valence-corrected chi connectivity index (χ2v) is 20.0. The molecular weight excluding hydrogens is 750 g/mol. The summed E-state index contributed by atoms with van der Waals surface area (Å²) >= 11 is 3.71. The normalized spacial score (nSPS) is 20.9. The maximum absolute atomic E-state index is 15.2. The Morgan fingerprint density at radius 3 is 2.42 bits per heavy atom. The minimum atomic E-state index is -2.33. The number of ether oxygens (including phenoxy) is 2. The van der Waals surface area contributed by atoms with E-state index in [2.05, 4.69) is 64.5 Å². The van der Waals surface area contributed by atoms with Gasteiger partial charge in [0.25, 0.3) is 5.91 Å². The fourth-order valence-corrected chi connectivity index (χ4v) is 12.9. The van der Waals surface area contributed by atoms with Crippen LogP contribution in [0.5, 0.6) is 5.75 Å². The van der Waals surface area contributed by atoms with Gasteiger partial charge in [0.05, 0.1) is 39.2 Å². The van der Waals surface area contributed by atoms with Crippen LogP contribution >= 0.6 is 15.9 Å². The molecule has 53 heavy (non-hydrogen) atoms. The highest BCUT2D eigenvalue weighted by molar-refractivity contribution is 9.10. The first-order chi connectivity index (χ1) is 25.6. The van der Waals surface area contributed by atoms with Crippen molar-refractivity contribution >= 4 is 58.6 Å². The van der Waals surface area contributed by atoms with Crippen LogP contribution in [0.2, 0.25) is 18.6 Å². The quantitative estimate of drug-likeness (QED) is 0.104. The second kappa shape index (κ2) is 15.0. The fourth-order valence-electron chi connectivity index (χ4n) is 8.45. The topological polar surface area (TPSA) is 110 Å². The molecule has 2 aliphatic rings. The van der Waals surface area contributed by atoms with Gasteiger partial charge in [-0.1, -0.05) is 88.8 Å². The zero-order valence-corrected chi connectivity index (χ0v) is 32.9. The van der Waals surface area contributed by atoms with Gasteiger partial charge in [0.1, 0.15) is 5.75 Å². The highest BCUT2D eigenvalue weighted by Gasteiger charge is 2.66. The van der Waals surface area contributed by atoms with E-state index in [-0.39, 0.29) is 30.1 Å². The summed E-state index contributed by atoms with van der Waals surface area (Å²) in [6, 6.07) is 31.7. The van der Waals surface area contributed by atoms with Crippen molar-refractivity contribution in [1.29, 1.82) is 0 Å². The number of anilines is 3. The van der Waals surface area contributed by atoms with Crippen LogP contribution < -0.4 is 19.7 Å². The maximum Gasteiger partial charge on any atom is 0.264 e. The van der Waals surface area contributed by atoms with Gasteiger partial charge in [-0.05, 0) is 72.1 Å². The number of hydrogen-bond acceptors (Lipinski definition) is 7. The standard InChI is InChI=1S/C41H44BrN5O5Si/c1-28-39(53(3,4)35-17-15-34(51-2)16-18-35)38(20-22-45-26-31(21-23-48)43-44-45)52-41(28)36-24-30(42)12-19-37(36)46(40(41)50)25-29-10-13-33(14-11-29)47(27-49)32-8-6-5-7-9-32/h5-19,24,26-28,38-39,48H,20-23,25H2,1-4H3/t28-,38+,39-,41+/m1/s1. The van der Waals surface area contributed by atoms with Crippen LogP contribution in [0.4, 0.5) is 17.1 Å². The van der Waals surface area contributed by atoms with E-state index in [9.17, 15) is 9.90 Å². The van der Waals surface area contributed by atoms with E-state index in [1.165, 1.54) is 5.19 Å². The SMILES string of the molecule is COc1ccc([Si](C)(C)[C@H]2[C@H](CCn3cc(CCO)nn3)O[C@@]3(C(=O)N(Cc4ccc(N(C=O)c5ccccc5)cc4)c4ccc(Br)cc43)[C@@H]2C)cc1. The molecule has 2 amide bonds. The zero-order valence-electron chi connectivity index (χ0n) is 30.4. The first kappa shape index (κ1) is 36.7. The Labute approximate surface area is 319 Å². The summed E-state index contributed by atoms with van der Waals surface area (Å²) in [7, 11) is -0.658. The van der Waals surface area contributed by atoms with Crippen LogP contribution in [-0.2, 0) is 39.4 Å². The van der Waals surface area contributed by atoms with Gasteiger partial charge in [-0.15, -0.1) is 5.10 Å². The van der Waals surface area contributed by atoms with Gasteiger partial charge >= 0.3 is 0 Å². The lowest BCUT2D eigenvalue weighted by Gasteiger charge is -2.37. The van der Waals surface area contributed by atoms with E-state index >= 15 is 4.79 Å². The van der Waals surface area contributed by atoms with E-state index < -0.39 is 13.7 Å². The summed E-state index contributed by atoms with van der Waals surface area (Å²) < 4.78 is 15.5. The Bertz CT molecular complexity index is 2080. The lowest BCUT2D eigenvalue weighted by molar-refractivity contribution is -0.146. The molecule has 1 saturated heterocycles. The number of rotatable bonds is 13. The third-order valence-electron chi connectivity index (χ3n) is 11.1. The van der Waals surface area contributed by atoms with Crippen molar-refractivity contribution in [2.75, 3.05) is 23.5 Å². The highest BCUT2D eigenvalue weighted by atomic mass is 79.9. The van der Waals surface area contributed by atoms with Crippen molar-refractivity contribution < 1.29 is 24.2 Å². The molecule has 1 spiro atoms. The molecule has 1 N–H and O–H groups in total. The largest absolute Gasteiger partial charge is 0.497 e. The highest BCUT2D eigenvalue weighted by Crippen LogP contribution is 2.60. The number of nitrogens with zero attached hydrogens (tertiary/aromatic N) is 5. The first-order valence-electron chi connectivity index (χ1n) is 17.9. The molecule has 0 unspecified atom stereocenters. The molecule has 0 bridgehead atoms. The van der Waals surface area contributed by atoms with Gasteiger partial charge in [-0.3, -0.25) is 19.2 Å². The zero-order chi connectivity index (χ0) is 37.3. The van der Waals surface area contributed by atoms with E-state index in [0.29, 0.717) is 25.9 Å². The summed E-state index contributed by atoms with van der Waals surface area (Å²) in [5.74, 6) is 0.579. The summed E-state index contributed by atoms with van der Waals surface area (Å²) in [6.07, 6.45) is 3.52. The van der Waals surface area contributed by atoms with Crippen LogP contribution in [0.15, 0.2) is 108 Å². The number of carbonyl (C=O) groups is 2. The van der Waals surface area contributed by atoms with Crippen LogP contribution in [0.3, 0.4) is 0 Å². The molecule has 274 valence electrons. The third-order valence-corrected chi connectivity index (χ3v) is 15.9. The average molecular weight is 795 g/mol. The molecule has 0 aliphatic carbocycles. The molecule has 2 aliphatic heterocycles.